The lowest BCUT2D eigenvalue weighted by molar-refractivity contribution is 0.134. The lowest BCUT2D eigenvalue weighted by Crippen LogP contribution is -2.00. The molecule has 1 unspecified atom stereocenters. The van der Waals surface area contributed by atoms with Gasteiger partial charge in [0.05, 0.1) is 6.10 Å². The highest BCUT2D eigenvalue weighted by atomic mass is 16.3. The minimum Gasteiger partial charge on any atom is -0.396 e. The topological polar surface area (TPSA) is 40.5 Å². The standard InChI is InChI=1S/C13H20O2/c1-2-3-4-11-5-7-12(8-6-11)13(15)9-10-14/h5-8,13-15H,2-4,9-10H2,1H3. The molecule has 0 saturated carbocycles. The Morgan fingerprint density at radius 3 is 2.40 bits per heavy atom. The molecule has 0 spiro atoms. The summed E-state index contributed by atoms with van der Waals surface area (Å²) >= 11 is 0. The molecule has 0 radical (unpaired) electrons. The van der Waals surface area contributed by atoms with Crippen LogP contribution in [-0.4, -0.2) is 16.8 Å². The van der Waals surface area contributed by atoms with Gasteiger partial charge in [0.2, 0.25) is 0 Å². The van der Waals surface area contributed by atoms with E-state index in [9.17, 15) is 5.11 Å². The van der Waals surface area contributed by atoms with Crippen LogP contribution < -0.4 is 0 Å². The summed E-state index contributed by atoms with van der Waals surface area (Å²) in [5.74, 6) is 0. The van der Waals surface area contributed by atoms with Crippen molar-refractivity contribution < 1.29 is 10.2 Å². The molecule has 0 saturated heterocycles. The molecule has 2 N–H and O–H groups in total. The SMILES string of the molecule is CCCCc1ccc(C(O)CCO)cc1. The normalized spacial score (nSPS) is 12.7. The van der Waals surface area contributed by atoms with E-state index in [1.54, 1.807) is 0 Å². The van der Waals surface area contributed by atoms with Crippen LogP contribution in [0.1, 0.15) is 43.4 Å². The van der Waals surface area contributed by atoms with E-state index in [4.69, 9.17) is 5.11 Å². The van der Waals surface area contributed by atoms with Gasteiger partial charge in [-0.25, -0.2) is 0 Å². The van der Waals surface area contributed by atoms with Crippen molar-refractivity contribution >= 4 is 0 Å². The van der Waals surface area contributed by atoms with Crippen molar-refractivity contribution in [2.24, 2.45) is 0 Å². The van der Waals surface area contributed by atoms with Gasteiger partial charge in [0, 0.05) is 13.0 Å². The summed E-state index contributed by atoms with van der Waals surface area (Å²) in [5.41, 5.74) is 2.21. The zero-order valence-corrected chi connectivity index (χ0v) is 9.32. The lowest BCUT2D eigenvalue weighted by Gasteiger charge is -2.09. The number of rotatable bonds is 6. The van der Waals surface area contributed by atoms with E-state index < -0.39 is 6.10 Å². The second kappa shape index (κ2) is 6.59. The first-order valence-corrected chi connectivity index (χ1v) is 5.65. The largest absolute Gasteiger partial charge is 0.396 e. The fourth-order valence-electron chi connectivity index (χ4n) is 1.58. The number of aliphatic hydroxyl groups is 2. The van der Waals surface area contributed by atoms with Gasteiger partial charge < -0.3 is 10.2 Å². The van der Waals surface area contributed by atoms with Crippen LogP contribution in [0, 0.1) is 0 Å². The molecule has 0 heterocycles. The molecule has 0 aliphatic rings. The van der Waals surface area contributed by atoms with E-state index in [0.29, 0.717) is 6.42 Å². The number of hydrogen-bond acceptors (Lipinski definition) is 2. The Morgan fingerprint density at radius 2 is 1.87 bits per heavy atom. The number of hydrogen-bond donors (Lipinski definition) is 2. The van der Waals surface area contributed by atoms with Crippen LogP contribution in [-0.2, 0) is 6.42 Å². The summed E-state index contributed by atoms with van der Waals surface area (Å²) in [7, 11) is 0. The molecule has 2 heteroatoms. The second-order valence-corrected chi connectivity index (χ2v) is 3.87. The van der Waals surface area contributed by atoms with Crippen molar-refractivity contribution in [3.05, 3.63) is 35.4 Å². The van der Waals surface area contributed by atoms with Crippen molar-refractivity contribution in [3.63, 3.8) is 0 Å². The number of aryl methyl sites for hydroxylation is 1. The Bertz CT molecular complexity index is 266. The van der Waals surface area contributed by atoms with Gasteiger partial charge in [0.25, 0.3) is 0 Å². The average molecular weight is 208 g/mol. The van der Waals surface area contributed by atoms with E-state index >= 15 is 0 Å². The zero-order chi connectivity index (χ0) is 11.1. The predicted molar refractivity (Wildman–Crippen MR) is 61.7 cm³/mol. The maximum absolute atomic E-state index is 9.63. The van der Waals surface area contributed by atoms with Gasteiger partial charge in [-0.2, -0.15) is 0 Å². The third-order valence-corrected chi connectivity index (χ3v) is 2.59. The van der Waals surface area contributed by atoms with Crippen LogP contribution in [0.5, 0.6) is 0 Å². The third kappa shape index (κ3) is 4.02. The molecule has 15 heavy (non-hydrogen) atoms. The van der Waals surface area contributed by atoms with Crippen LogP contribution in [0.2, 0.25) is 0 Å². The Labute approximate surface area is 91.6 Å². The zero-order valence-electron chi connectivity index (χ0n) is 9.32. The first-order chi connectivity index (χ1) is 7.27. The fraction of sp³-hybridized carbons (Fsp3) is 0.538. The molecule has 1 rings (SSSR count). The molecule has 0 bridgehead atoms. The molecular weight excluding hydrogens is 188 g/mol. The van der Waals surface area contributed by atoms with E-state index in [2.05, 4.69) is 19.1 Å². The summed E-state index contributed by atoms with van der Waals surface area (Å²) in [5, 5.41) is 18.3. The van der Waals surface area contributed by atoms with Gasteiger partial charge in [-0.1, -0.05) is 37.6 Å². The maximum atomic E-state index is 9.63. The fourth-order valence-corrected chi connectivity index (χ4v) is 1.58. The van der Waals surface area contributed by atoms with Crippen LogP contribution in [0.3, 0.4) is 0 Å². The summed E-state index contributed by atoms with van der Waals surface area (Å²) in [6, 6.07) is 8.02. The predicted octanol–water partition coefficient (Wildman–Crippen LogP) is 2.45. The van der Waals surface area contributed by atoms with Crippen molar-refractivity contribution in [1.29, 1.82) is 0 Å². The minimum absolute atomic E-state index is 0.0265. The third-order valence-electron chi connectivity index (χ3n) is 2.59. The Kier molecular flexibility index (Phi) is 5.37. The van der Waals surface area contributed by atoms with E-state index in [1.165, 1.54) is 18.4 Å². The van der Waals surface area contributed by atoms with Crippen molar-refractivity contribution in [2.45, 2.75) is 38.7 Å². The first-order valence-electron chi connectivity index (χ1n) is 5.65. The molecule has 0 fully saturated rings. The van der Waals surface area contributed by atoms with Crippen LogP contribution in [0.15, 0.2) is 24.3 Å². The highest BCUT2D eigenvalue weighted by molar-refractivity contribution is 5.24. The number of aliphatic hydroxyl groups excluding tert-OH is 2. The van der Waals surface area contributed by atoms with Gasteiger partial charge in [0.1, 0.15) is 0 Å². The van der Waals surface area contributed by atoms with Crippen molar-refractivity contribution in [1.82, 2.24) is 0 Å². The summed E-state index contributed by atoms with van der Waals surface area (Å²) < 4.78 is 0. The quantitative estimate of drug-likeness (QED) is 0.754. The second-order valence-electron chi connectivity index (χ2n) is 3.87. The molecule has 1 atom stereocenters. The molecule has 84 valence electrons. The average Bonchev–Trinajstić information content (AvgIpc) is 2.27. The van der Waals surface area contributed by atoms with Crippen molar-refractivity contribution in [2.75, 3.05) is 6.61 Å². The van der Waals surface area contributed by atoms with Gasteiger partial charge in [-0.05, 0) is 24.0 Å². The maximum Gasteiger partial charge on any atom is 0.0811 e. The van der Waals surface area contributed by atoms with Gasteiger partial charge in [-0.3, -0.25) is 0 Å². The van der Waals surface area contributed by atoms with E-state index in [0.717, 1.165) is 12.0 Å². The smallest absolute Gasteiger partial charge is 0.0811 e. The first kappa shape index (κ1) is 12.2. The van der Waals surface area contributed by atoms with Gasteiger partial charge in [0.15, 0.2) is 0 Å². The van der Waals surface area contributed by atoms with Crippen LogP contribution >= 0.6 is 0 Å². The summed E-state index contributed by atoms with van der Waals surface area (Å²) in [6.45, 7) is 2.21. The van der Waals surface area contributed by atoms with Crippen LogP contribution in [0.25, 0.3) is 0 Å². The number of unbranched alkanes of at least 4 members (excludes halogenated alkanes) is 1. The highest BCUT2D eigenvalue weighted by Gasteiger charge is 2.05. The van der Waals surface area contributed by atoms with Gasteiger partial charge in [-0.15, -0.1) is 0 Å². The minimum atomic E-state index is -0.532. The Hall–Kier alpha value is -0.860. The molecule has 1 aromatic rings. The summed E-state index contributed by atoms with van der Waals surface area (Å²) in [4.78, 5) is 0. The van der Waals surface area contributed by atoms with Crippen molar-refractivity contribution in [3.8, 4) is 0 Å². The Balaban J connectivity index is 2.55. The molecule has 0 aliphatic carbocycles. The summed E-state index contributed by atoms with van der Waals surface area (Å²) in [6.07, 6.45) is 3.39. The van der Waals surface area contributed by atoms with E-state index in [-0.39, 0.29) is 6.61 Å². The molecule has 1 aromatic carbocycles. The van der Waals surface area contributed by atoms with E-state index in [1.807, 2.05) is 12.1 Å². The molecular formula is C13H20O2. The number of benzene rings is 1. The van der Waals surface area contributed by atoms with Crippen LogP contribution in [0.4, 0.5) is 0 Å². The molecule has 2 nitrogen and oxygen atoms in total. The molecule has 0 aliphatic heterocycles. The lowest BCUT2D eigenvalue weighted by atomic mass is 10.0. The van der Waals surface area contributed by atoms with Gasteiger partial charge >= 0.3 is 0 Å². The molecule has 0 aromatic heterocycles. The molecule has 0 amide bonds. The highest BCUT2D eigenvalue weighted by Crippen LogP contribution is 2.17. The monoisotopic (exact) mass is 208 g/mol. The Morgan fingerprint density at radius 1 is 1.20 bits per heavy atom.